The lowest BCUT2D eigenvalue weighted by Gasteiger charge is -2.40. The van der Waals surface area contributed by atoms with Gasteiger partial charge in [-0.2, -0.15) is 0 Å². The Bertz CT molecular complexity index is 1190. The van der Waals surface area contributed by atoms with Crippen molar-refractivity contribution >= 4 is 63.4 Å². The van der Waals surface area contributed by atoms with Gasteiger partial charge in [0.2, 0.25) is 11.7 Å². The van der Waals surface area contributed by atoms with Gasteiger partial charge in [-0.3, -0.25) is 14.4 Å². The molecule has 0 saturated heterocycles. The van der Waals surface area contributed by atoms with Crippen molar-refractivity contribution in [2.24, 2.45) is 0 Å². The highest BCUT2D eigenvalue weighted by atomic mass is 127. The van der Waals surface area contributed by atoms with Crippen LogP contribution in [0, 0.1) is 3.57 Å². The van der Waals surface area contributed by atoms with E-state index in [1.807, 2.05) is 12.1 Å². The third-order valence-corrected chi connectivity index (χ3v) is 7.37. The van der Waals surface area contributed by atoms with Gasteiger partial charge < -0.3 is 25.2 Å². The molecule has 198 valence electrons. The molecule has 2 aromatic carbocycles. The second-order valence-electron chi connectivity index (χ2n) is 8.39. The minimum absolute atomic E-state index is 0.0306. The lowest BCUT2D eigenvalue weighted by Crippen LogP contribution is -2.56. The number of halogens is 3. The molecule has 11 heteroatoms. The van der Waals surface area contributed by atoms with Crippen molar-refractivity contribution in [3.8, 4) is 5.75 Å². The lowest BCUT2D eigenvalue weighted by atomic mass is 9.87. The first-order chi connectivity index (χ1) is 17.7. The minimum Gasteiger partial charge on any atom is -0.482 e. The number of ketones is 1. The van der Waals surface area contributed by atoms with Gasteiger partial charge in [-0.15, -0.1) is 0 Å². The van der Waals surface area contributed by atoms with Crippen molar-refractivity contribution in [1.82, 2.24) is 10.2 Å². The molecule has 0 aromatic heterocycles. The number of rotatable bonds is 10. The molecule has 0 bridgehead atoms. The molecule has 3 unspecified atom stereocenters. The van der Waals surface area contributed by atoms with E-state index in [0.717, 1.165) is 3.57 Å². The Hall–Kier alpha value is -2.18. The third-order valence-electron chi connectivity index (χ3n) is 5.89. The Balaban J connectivity index is 2.03. The van der Waals surface area contributed by atoms with E-state index < -0.39 is 35.8 Å². The van der Waals surface area contributed by atoms with Gasteiger partial charge in [0.1, 0.15) is 18.0 Å². The second-order valence-corrected chi connectivity index (χ2v) is 10.4. The fraction of sp³-hybridized carbons (Fsp3) is 0.346. The summed E-state index contributed by atoms with van der Waals surface area (Å²) < 4.78 is 6.88. The van der Waals surface area contributed by atoms with Crippen molar-refractivity contribution in [1.29, 1.82) is 0 Å². The van der Waals surface area contributed by atoms with Crippen LogP contribution in [-0.2, 0) is 20.9 Å². The molecular formula is C26H27Cl2IN2O6. The van der Waals surface area contributed by atoms with Crippen molar-refractivity contribution in [2.75, 3.05) is 13.2 Å². The molecule has 0 fully saturated rings. The zero-order valence-electron chi connectivity index (χ0n) is 20.0. The van der Waals surface area contributed by atoms with Gasteiger partial charge in [0.25, 0.3) is 5.91 Å². The van der Waals surface area contributed by atoms with Crippen LogP contribution >= 0.6 is 45.8 Å². The maximum Gasteiger partial charge on any atom is 0.290 e. The molecule has 0 heterocycles. The predicted octanol–water partition coefficient (Wildman–Crippen LogP) is 3.52. The largest absolute Gasteiger partial charge is 0.482 e. The first-order valence-electron chi connectivity index (χ1n) is 11.6. The summed E-state index contributed by atoms with van der Waals surface area (Å²) in [6, 6.07) is 11.0. The van der Waals surface area contributed by atoms with Crippen LogP contribution in [0.2, 0.25) is 10.0 Å². The molecule has 2 aromatic rings. The molecule has 1 aliphatic carbocycles. The van der Waals surface area contributed by atoms with Gasteiger partial charge in [0, 0.05) is 41.5 Å². The number of benzene rings is 2. The van der Waals surface area contributed by atoms with Gasteiger partial charge in [-0.05, 0) is 58.5 Å². The number of carbonyl (C=O) groups excluding carboxylic acids is 3. The Morgan fingerprint density at radius 1 is 1.19 bits per heavy atom. The maximum absolute atomic E-state index is 13.3. The Labute approximate surface area is 238 Å². The zero-order valence-corrected chi connectivity index (χ0v) is 23.7. The molecular weight excluding hydrogens is 634 g/mol. The van der Waals surface area contributed by atoms with E-state index in [4.69, 9.17) is 33.0 Å². The monoisotopic (exact) mass is 660 g/mol. The molecule has 0 saturated carbocycles. The number of nitrogens with zero attached hydrogens (tertiary/aromatic N) is 1. The van der Waals surface area contributed by atoms with Crippen molar-refractivity contribution in [3.63, 3.8) is 0 Å². The van der Waals surface area contributed by atoms with E-state index >= 15 is 0 Å². The summed E-state index contributed by atoms with van der Waals surface area (Å²) in [7, 11) is 0. The summed E-state index contributed by atoms with van der Waals surface area (Å²) in [5, 5.41) is 23.9. The van der Waals surface area contributed by atoms with Gasteiger partial charge >= 0.3 is 0 Å². The van der Waals surface area contributed by atoms with Crippen LogP contribution in [0.15, 0.2) is 54.1 Å². The summed E-state index contributed by atoms with van der Waals surface area (Å²) in [5.41, 5.74) is 0.773. The van der Waals surface area contributed by atoms with E-state index in [2.05, 4.69) is 27.9 Å². The molecule has 0 radical (unpaired) electrons. The van der Waals surface area contributed by atoms with Gasteiger partial charge in [-0.25, -0.2) is 0 Å². The smallest absolute Gasteiger partial charge is 0.290 e. The molecule has 0 spiro atoms. The summed E-state index contributed by atoms with van der Waals surface area (Å²) in [4.78, 5) is 39.9. The number of aliphatic hydroxyl groups is 2. The fourth-order valence-corrected chi connectivity index (χ4v) is 4.93. The number of aliphatic hydroxyl groups excluding tert-OH is 2. The number of hydrogen-bond acceptors (Lipinski definition) is 6. The third kappa shape index (κ3) is 7.44. The summed E-state index contributed by atoms with van der Waals surface area (Å²) >= 11 is 14.5. The highest BCUT2D eigenvalue weighted by Crippen LogP contribution is 2.32. The molecule has 1 aliphatic rings. The highest BCUT2D eigenvalue weighted by Gasteiger charge is 2.41. The fourth-order valence-electron chi connectivity index (χ4n) is 3.95. The summed E-state index contributed by atoms with van der Waals surface area (Å²) in [6.07, 6.45) is -0.842. The average molecular weight is 661 g/mol. The topological polar surface area (TPSA) is 116 Å². The van der Waals surface area contributed by atoms with Gasteiger partial charge in [0.05, 0.1) is 16.2 Å². The first kappa shape index (κ1) is 29.4. The number of carbonyl (C=O) groups is 3. The highest BCUT2D eigenvalue weighted by molar-refractivity contribution is 14.1. The number of nitrogens with one attached hydrogen (secondary N) is 1. The van der Waals surface area contributed by atoms with Crippen LogP contribution in [0.4, 0.5) is 0 Å². The van der Waals surface area contributed by atoms with E-state index in [1.54, 1.807) is 31.2 Å². The SMILES string of the molecule is CCC(=O)C(=O)N(Cc1ccc(Cl)cc1Cl)C1CC(C(=O)NCCO)=CC(Oc2ccccc2I)C1O. The number of para-hydroxylation sites is 1. The number of ether oxygens (including phenoxy) is 1. The van der Waals surface area contributed by atoms with E-state index in [9.17, 15) is 19.5 Å². The van der Waals surface area contributed by atoms with Crippen molar-refractivity contribution in [2.45, 2.75) is 44.6 Å². The van der Waals surface area contributed by atoms with E-state index in [1.165, 1.54) is 17.0 Å². The number of Topliss-reactive ketones (excluding diaryl/α,β-unsaturated/α-hetero) is 1. The standard InChI is InChI=1S/C26H27Cl2IN2O6/c1-2-21(33)26(36)31(14-15-7-8-17(27)13-18(15)28)20-11-16(25(35)30-9-10-32)12-23(24(20)34)37-22-6-4-3-5-19(22)29/h3-8,12-13,20,23-24,32,34H,2,9-11,14H2,1H3,(H,30,35). The lowest BCUT2D eigenvalue weighted by molar-refractivity contribution is -0.149. The summed E-state index contributed by atoms with van der Waals surface area (Å²) in [5.74, 6) is -1.43. The Morgan fingerprint density at radius 2 is 1.92 bits per heavy atom. The van der Waals surface area contributed by atoms with Crippen LogP contribution in [0.1, 0.15) is 25.3 Å². The molecule has 37 heavy (non-hydrogen) atoms. The minimum atomic E-state index is -1.27. The quantitative estimate of drug-likeness (QED) is 0.265. The number of hydrogen-bond donors (Lipinski definition) is 3. The number of amides is 2. The maximum atomic E-state index is 13.3. The van der Waals surface area contributed by atoms with Crippen LogP contribution in [-0.4, -0.2) is 64.1 Å². The molecule has 3 N–H and O–H groups in total. The van der Waals surface area contributed by atoms with Gasteiger partial charge in [0.15, 0.2) is 0 Å². The molecule has 2 amide bonds. The van der Waals surface area contributed by atoms with Crippen molar-refractivity contribution < 1.29 is 29.3 Å². The Morgan fingerprint density at radius 3 is 2.57 bits per heavy atom. The van der Waals surface area contributed by atoms with Gasteiger partial charge in [-0.1, -0.05) is 48.3 Å². The second kappa shape index (κ2) is 13.6. The zero-order chi connectivity index (χ0) is 27.1. The Kier molecular flexibility index (Phi) is 10.8. The molecule has 0 aliphatic heterocycles. The van der Waals surface area contributed by atoms with Crippen LogP contribution in [0.5, 0.6) is 5.75 Å². The molecule has 3 rings (SSSR count). The van der Waals surface area contributed by atoms with E-state index in [0.29, 0.717) is 21.4 Å². The van der Waals surface area contributed by atoms with Crippen LogP contribution in [0.3, 0.4) is 0 Å². The molecule has 8 nitrogen and oxygen atoms in total. The average Bonchev–Trinajstić information content (AvgIpc) is 2.88. The van der Waals surface area contributed by atoms with Crippen LogP contribution < -0.4 is 10.1 Å². The summed E-state index contributed by atoms with van der Waals surface area (Å²) in [6.45, 7) is 1.26. The first-order valence-corrected chi connectivity index (χ1v) is 13.5. The van der Waals surface area contributed by atoms with Crippen molar-refractivity contribution in [3.05, 3.63) is 73.3 Å². The van der Waals surface area contributed by atoms with Crippen LogP contribution in [0.25, 0.3) is 0 Å². The normalized spacial score (nSPS) is 19.1. The predicted molar refractivity (Wildman–Crippen MR) is 148 cm³/mol. The molecule has 3 atom stereocenters. The van der Waals surface area contributed by atoms with E-state index in [-0.39, 0.29) is 38.1 Å².